The molecule has 1 aliphatic rings. The van der Waals surface area contributed by atoms with Crippen molar-refractivity contribution in [1.29, 1.82) is 0 Å². The Bertz CT molecular complexity index is 848. The summed E-state index contributed by atoms with van der Waals surface area (Å²) in [6, 6.07) is 8.92. The van der Waals surface area contributed by atoms with Crippen molar-refractivity contribution in [2.24, 2.45) is 0 Å². The molecule has 0 spiro atoms. The highest BCUT2D eigenvalue weighted by molar-refractivity contribution is 5.74. The van der Waals surface area contributed by atoms with Crippen LogP contribution in [0.5, 0.6) is 0 Å². The highest BCUT2D eigenvalue weighted by atomic mass is 19.1. The van der Waals surface area contributed by atoms with E-state index in [9.17, 15) is 4.39 Å². The maximum atomic E-state index is 13.3. The van der Waals surface area contributed by atoms with Gasteiger partial charge in [0.2, 0.25) is 0 Å². The van der Waals surface area contributed by atoms with Crippen LogP contribution in [0.15, 0.2) is 34.7 Å². The molecule has 1 aromatic carbocycles. The molecule has 1 fully saturated rings. The van der Waals surface area contributed by atoms with E-state index >= 15 is 0 Å². The van der Waals surface area contributed by atoms with Crippen LogP contribution in [0.4, 0.5) is 16.2 Å². The molecular formula is C17H18FN5O. The predicted molar refractivity (Wildman–Crippen MR) is 89.8 cm³/mol. The van der Waals surface area contributed by atoms with Gasteiger partial charge < -0.3 is 14.2 Å². The number of oxazole rings is 1. The fourth-order valence-corrected chi connectivity index (χ4v) is 2.92. The minimum absolute atomic E-state index is 0.303. The zero-order valence-electron chi connectivity index (χ0n) is 13.4. The van der Waals surface area contributed by atoms with E-state index in [2.05, 4.69) is 25.0 Å². The average Bonchev–Trinajstić information content (AvgIpc) is 2.84. The second-order valence-corrected chi connectivity index (χ2v) is 5.97. The lowest BCUT2D eigenvalue weighted by molar-refractivity contribution is 0.570. The molecule has 24 heavy (non-hydrogen) atoms. The van der Waals surface area contributed by atoms with Crippen molar-refractivity contribution in [3.63, 3.8) is 0 Å². The second-order valence-electron chi connectivity index (χ2n) is 5.97. The quantitative estimate of drug-likeness (QED) is 0.721. The van der Waals surface area contributed by atoms with Gasteiger partial charge in [0.05, 0.1) is 5.69 Å². The van der Waals surface area contributed by atoms with Crippen LogP contribution >= 0.6 is 0 Å². The van der Waals surface area contributed by atoms with Gasteiger partial charge in [0.1, 0.15) is 11.3 Å². The normalized spacial score (nSPS) is 15.8. The number of aryl methyl sites for hydroxylation is 1. The molecule has 124 valence electrons. The standard InChI is InChI=1S/C17H18FN5O/c1-12-3-6-16(21-20-12)22-7-2-8-23(10-9-22)17-19-14-11-13(18)4-5-15(14)24-17/h3-6,11H,2,7-10H2,1H3. The Morgan fingerprint density at radius 1 is 1.00 bits per heavy atom. The van der Waals surface area contributed by atoms with Gasteiger partial charge in [0.15, 0.2) is 11.4 Å². The first-order valence-corrected chi connectivity index (χ1v) is 8.05. The Balaban J connectivity index is 1.52. The SMILES string of the molecule is Cc1ccc(N2CCCN(c3nc4cc(F)ccc4o3)CC2)nn1. The van der Waals surface area contributed by atoms with Crippen molar-refractivity contribution < 1.29 is 8.81 Å². The summed E-state index contributed by atoms with van der Waals surface area (Å²) < 4.78 is 19.1. The van der Waals surface area contributed by atoms with Crippen LogP contribution in [-0.4, -0.2) is 41.4 Å². The van der Waals surface area contributed by atoms with E-state index in [1.165, 1.54) is 12.1 Å². The minimum atomic E-state index is -0.303. The predicted octanol–water partition coefficient (Wildman–Crippen LogP) is 2.78. The first-order valence-electron chi connectivity index (χ1n) is 8.05. The topological polar surface area (TPSA) is 58.3 Å². The van der Waals surface area contributed by atoms with Gasteiger partial charge in [-0.1, -0.05) is 0 Å². The summed E-state index contributed by atoms with van der Waals surface area (Å²) in [4.78, 5) is 8.73. The highest BCUT2D eigenvalue weighted by Gasteiger charge is 2.20. The second kappa shape index (κ2) is 6.07. The maximum absolute atomic E-state index is 13.3. The Hall–Kier alpha value is -2.70. The molecule has 0 amide bonds. The van der Waals surface area contributed by atoms with E-state index in [0.717, 1.165) is 44.1 Å². The van der Waals surface area contributed by atoms with Crippen molar-refractivity contribution in [1.82, 2.24) is 15.2 Å². The van der Waals surface area contributed by atoms with Crippen LogP contribution in [0.2, 0.25) is 0 Å². The molecule has 4 rings (SSSR count). The third-order valence-electron chi connectivity index (χ3n) is 4.21. The van der Waals surface area contributed by atoms with Crippen LogP contribution in [0, 0.1) is 12.7 Å². The Morgan fingerprint density at radius 2 is 1.83 bits per heavy atom. The van der Waals surface area contributed by atoms with Crippen LogP contribution < -0.4 is 9.80 Å². The Morgan fingerprint density at radius 3 is 2.67 bits per heavy atom. The first-order chi connectivity index (χ1) is 11.7. The van der Waals surface area contributed by atoms with Gasteiger partial charge in [0, 0.05) is 32.2 Å². The van der Waals surface area contributed by atoms with Crippen LogP contribution in [0.25, 0.3) is 11.1 Å². The first kappa shape index (κ1) is 14.9. The average molecular weight is 327 g/mol. The van der Waals surface area contributed by atoms with E-state index in [1.807, 2.05) is 19.1 Å². The van der Waals surface area contributed by atoms with E-state index in [4.69, 9.17) is 4.42 Å². The number of aromatic nitrogens is 3. The van der Waals surface area contributed by atoms with Crippen molar-refractivity contribution >= 4 is 22.9 Å². The smallest absolute Gasteiger partial charge is 0.298 e. The van der Waals surface area contributed by atoms with E-state index in [1.54, 1.807) is 6.07 Å². The Kier molecular flexibility index (Phi) is 3.76. The zero-order chi connectivity index (χ0) is 16.5. The molecule has 0 bridgehead atoms. The summed E-state index contributed by atoms with van der Waals surface area (Å²) in [5.41, 5.74) is 2.07. The number of hydrogen-bond donors (Lipinski definition) is 0. The number of fused-ring (bicyclic) bond motifs is 1. The molecular weight excluding hydrogens is 309 g/mol. The molecule has 6 nitrogen and oxygen atoms in total. The summed E-state index contributed by atoms with van der Waals surface area (Å²) in [6.45, 7) is 5.25. The lowest BCUT2D eigenvalue weighted by atomic mass is 10.3. The van der Waals surface area contributed by atoms with Crippen LogP contribution in [0.3, 0.4) is 0 Å². The number of halogens is 1. The van der Waals surface area contributed by atoms with Gasteiger partial charge in [0.25, 0.3) is 6.01 Å². The fourth-order valence-electron chi connectivity index (χ4n) is 2.92. The van der Waals surface area contributed by atoms with E-state index < -0.39 is 0 Å². The molecule has 1 aliphatic heterocycles. The molecule has 3 heterocycles. The minimum Gasteiger partial charge on any atom is -0.423 e. The van der Waals surface area contributed by atoms with Gasteiger partial charge in [-0.2, -0.15) is 10.1 Å². The molecule has 0 aliphatic carbocycles. The number of hydrogen-bond acceptors (Lipinski definition) is 6. The van der Waals surface area contributed by atoms with Crippen molar-refractivity contribution in [3.05, 3.63) is 41.8 Å². The summed E-state index contributed by atoms with van der Waals surface area (Å²) in [5.74, 6) is 0.587. The highest BCUT2D eigenvalue weighted by Crippen LogP contribution is 2.24. The monoisotopic (exact) mass is 327 g/mol. The van der Waals surface area contributed by atoms with Crippen molar-refractivity contribution in [2.75, 3.05) is 36.0 Å². The number of nitrogens with zero attached hydrogens (tertiary/aromatic N) is 5. The zero-order valence-corrected chi connectivity index (χ0v) is 13.4. The summed E-state index contributed by atoms with van der Waals surface area (Å²) >= 11 is 0. The fraction of sp³-hybridized carbons (Fsp3) is 0.353. The molecule has 0 unspecified atom stereocenters. The molecule has 1 saturated heterocycles. The third kappa shape index (κ3) is 2.89. The molecule has 0 saturated carbocycles. The summed E-state index contributed by atoms with van der Waals surface area (Å²) in [6.07, 6.45) is 0.961. The third-order valence-corrected chi connectivity index (χ3v) is 4.21. The van der Waals surface area contributed by atoms with Gasteiger partial charge in [-0.25, -0.2) is 4.39 Å². The van der Waals surface area contributed by atoms with Gasteiger partial charge in [-0.15, -0.1) is 5.10 Å². The molecule has 3 aromatic rings. The molecule has 0 radical (unpaired) electrons. The lowest BCUT2D eigenvalue weighted by Crippen LogP contribution is -2.31. The largest absolute Gasteiger partial charge is 0.423 e. The number of anilines is 2. The number of rotatable bonds is 2. The Labute approximate surface area is 138 Å². The number of benzene rings is 1. The van der Waals surface area contributed by atoms with Gasteiger partial charge in [-0.3, -0.25) is 0 Å². The lowest BCUT2D eigenvalue weighted by Gasteiger charge is -2.21. The molecule has 0 atom stereocenters. The summed E-state index contributed by atoms with van der Waals surface area (Å²) in [5, 5.41) is 8.39. The van der Waals surface area contributed by atoms with Crippen molar-refractivity contribution in [2.45, 2.75) is 13.3 Å². The maximum Gasteiger partial charge on any atom is 0.298 e. The molecule has 7 heteroatoms. The van der Waals surface area contributed by atoms with Gasteiger partial charge >= 0.3 is 0 Å². The van der Waals surface area contributed by atoms with Crippen molar-refractivity contribution in [3.8, 4) is 0 Å². The summed E-state index contributed by atoms with van der Waals surface area (Å²) in [7, 11) is 0. The van der Waals surface area contributed by atoms with E-state index in [-0.39, 0.29) is 5.82 Å². The van der Waals surface area contributed by atoms with E-state index in [0.29, 0.717) is 17.1 Å². The van der Waals surface area contributed by atoms with Crippen LogP contribution in [0.1, 0.15) is 12.1 Å². The van der Waals surface area contributed by atoms with Crippen LogP contribution in [-0.2, 0) is 0 Å². The van der Waals surface area contributed by atoms with Gasteiger partial charge in [-0.05, 0) is 37.6 Å². The molecule has 0 N–H and O–H groups in total. The molecule has 2 aromatic heterocycles.